The molecule has 0 heterocycles. The van der Waals surface area contributed by atoms with Gasteiger partial charge >= 0.3 is 0 Å². The third kappa shape index (κ3) is 1.68. The van der Waals surface area contributed by atoms with Crippen LogP contribution in [0.15, 0.2) is 21.1 Å². The van der Waals surface area contributed by atoms with Gasteiger partial charge in [-0.1, -0.05) is 0 Å². The Morgan fingerprint density at radius 3 is 2.45 bits per heavy atom. The summed E-state index contributed by atoms with van der Waals surface area (Å²) in [6.07, 6.45) is 0. The van der Waals surface area contributed by atoms with E-state index in [2.05, 4.69) is 31.9 Å². The molecule has 0 aliphatic carbocycles. The van der Waals surface area contributed by atoms with Crippen LogP contribution in [-0.4, -0.2) is 7.11 Å². The number of ether oxygens (including phenoxy) is 1. The number of benzene rings is 1. The molecule has 4 heteroatoms. The van der Waals surface area contributed by atoms with Crippen LogP contribution < -0.4 is 10.5 Å². The highest BCUT2D eigenvalue weighted by Crippen LogP contribution is 2.36. The Morgan fingerprint density at radius 2 is 2.00 bits per heavy atom. The maximum atomic E-state index is 5.62. The second-order valence-corrected chi connectivity index (χ2v) is 3.63. The van der Waals surface area contributed by atoms with Crippen LogP contribution in [0.5, 0.6) is 5.75 Å². The summed E-state index contributed by atoms with van der Waals surface area (Å²) >= 11 is 6.68. The summed E-state index contributed by atoms with van der Waals surface area (Å²) in [4.78, 5) is 0. The SMILES string of the molecule is COc1c(N)ccc(Br)c1Br. The van der Waals surface area contributed by atoms with Crippen LogP contribution in [0.2, 0.25) is 0 Å². The van der Waals surface area contributed by atoms with E-state index in [1.54, 1.807) is 13.2 Å². The van der Waals surface area contributed by atoms with E-state index < -0.39 is 0 Å². The molecule has 0 spiro atoms. The molecule has 0 atom stereocenters. The van der Waals surface area contributed by atoms with Crippen molar-refractivity contribution in [2.45, 2.75) is 0 Å². The fourth-order valence-corrected chi connectivity index (χ4v) is 1.59. The minimum absolute atomic E-state index is 0.627. The topological polar surface area (TPSA) is 35.2 Å². The number of anilines is 1. The number of nitrogen functional groups attached to an aromatic ring is 1. The molecule has 2 N–H and O–H groups in total. The predicted octanol–water partition coefficient (Wildman–Crippen LogP) is 2.80. The Kier molecular flexibility index (Phi) is 2.78. The van der Waals surface area contributed by atoms with Crippen LogP contribution in [-0.2, 0) is 0 Å². The van der Waals surface area contributed by atoms with Gasteiger partial charge in [-0.25, -0.2) is 0 Å². The summed E-state index contributed by atoms with van der Waals surface area (Å²) < 4.78 is 6.84. The van der Waals surface area contributed by atoms with Crippen LogP contribution in [0.1, 0.15) is 0 Å². The fourth-order valence-electron chi connectivity index (χ4n) is 0.754. The molecule has 0 aliphatic rings. The van der Waals surface area contributed by atoms with Crippen molar-refractivity contribution in [3.8, 4) is 5.75 Å². The number of rotatable bonds is 1. The van der Waals surface area contributed by atoms with Gasteiger partial charge in [-0.3, -0.25) is 0 Å². The van der Waals surface area contributed by atoms with E-state index in [0.717, 1.165) is 8.95 Å². The van der Waals surface area contributed by atoms with E-state index in [1.165, 1.54) is 0 Å². The number of nitrogens with two attached hydrogens (primary N) is 1. The van der Waals surface area contributed by atoms with Crippen molar-refractivity contribution in [3.05, 3.63) is 21.1 Å². The standard InChI is InChI=1S/C7H7Br2NO/c1-11-7-5(10)3-2-4(8)6(7)9/h2-3H,10H2,1H3. The zero-order valence-electron chi connectivity index (χ0n) is 5.90. The maximum Gasteiger partial charge on any atom is 0.157 e. The Hall–Kier alpha value is -0.220. The minimum atomic E-state index is 0.627. The van der Waals surface area contributed by atoms with Crippen LogP contribution in [0.4, 0.5) is 5.69 Å². The van der Waals surface area contributed by atoms with E-state index >= 15 is 0 Å². The molecule has 1 aromatic carbocycles. The maximum absolute atomic E-state index is 5.62. The highest BCUT2D eigenvalue weighted by molar-refractivity contribution is 9.13. The van der Waals surface area contributed by atoms with Gasteiger partial charge in [0.1, 0.15) is 0 Å². The van der Waals surface area contributed by atoms with Gasteiger partial charge in [-0.15, -0.1) is 0 Å². The van der Waals surface area contributed by atoms with E-state index in [1.807, 2.05) is 6.07 Å². The van der Waals surface area contributed by atoms with Crippen molar-refractivity contribution < 1.29 is 4.74 Å². The summed E-state index contributed by atoms with van der Waals surface area (Å²) in [5.74, 6) is 0.666. The molecule has 0 radical (unpaired) electrons. The van der Waals surface area contributed by atoms with Crippen LogP contribution >= 0.6 is 31.9 Å². The molecule has 1 rings (SSSR count). The molecule has 1 aromatic rings. The van der Waals surface area contributed by atoms with Crippen LogP contribution in [0.25, 0.3) is 0 Å². The number of hydrogen-bond donors (Lipinski definition) is 1. The van der Waals surface area contributed by atoms with Gasteiger partial charge in [0.2, 0.25) is 0 Å². The second kappa shape index (κ2) is 3.45. The van der Waals surface area contributed by atoms with Crippen LogP contribution in [0.3, 0.4) is 0 Å². The van der Waals surface area contributed by atoms with E-state index in [-0.39, 0.29) is 0 Å². The van der Waals surface area contributed by atoms with Crippen molar-refractivity contribution >= 4 is 37.5 Å². The largest absolute Gasteiger partial charge is 0.493 e. The van der Waals surface area contributed by atoms with Gasteiger partial charge in [0, 0.05) is 4.47 Å². The third-order valence-electron chi connectivity index (χ3n) is 1.28. The lowest BCUT2D eigenvalue weighted by atomic mass is 10.3. The van der Waals surface area contributed by atoms with Gasteiger partial charge in [0.15, 0.2) is 5.75 Å². The molecule has 0 aromatic heterocycles. The Labute approximate surface area is 82.0 Å². The molecule has 0 saturated heterocycles. The van der Waals surface area contributed by atoms with E-state index in [9.17, 15) is 0 Å². The number of hydrogen-bond acceptors (Lipinski definition) is 2. The molecule has 60 valence electrons. The first-order chi connectivity index (χ1) is 5.16. The Bertz CT molecular complexity index is 275. The fraction of sp³-hybridized carbons (Fsp3) is 0.143. The number of methoxy groups -OCH3 is 1. The molecular formula is C7H7Br2NO. The molecule has 0 bridgehead atoms. The molecule has 0 aliphatic heterocycles. The average molecular weight is 281 g/mol. The normalized spacial score (nSPS) is 9.73. The monoisotopic (exact) mass is 279 g/mol. The average Bonchev–Trinajstić information content (AvgIpc) is 1.99. The predicted molar refractivity (Wildman–Crippen MR) is 52.8 cm³/mol. The van der Waals surface area contributed by atoms with Crippen molar-refractivity contribution in [2.75, 3.05) is 12.8 Å². The van der Waals surface area contributed by atoms with E-state index in [0.29, 0.717) is 11.4 Å². The van der Waals surface area contributed by atoms with Crippen molar-refractivity contribution in [3.63, 3.8) is 0 Å². The number of halogens is 2. The minimum Gasteiger partial charge on any atom is -0.493 e. The van der Waals surface area contributed by atoms with Crippen molar-refractivity contribution in [2.24, 2.45) is 0 Å². The summed E-state index contributed by atoms with van der Waals surface area (Å²) in [7, 11) is 1.59. The van der Waals surface area contributed by atoms with Gasteiger partial charge in [0.25, 0.3) is 0 Å². The molecule has 0 amide bonds. The van der Waals surface area contributed by atoms with E-state index in [4.69, 9.17) is 10.5 Å². The highest BCUT2D eigenvalue weighted by atomic mass is 79.9. The molecular weight excluding hydrogens is 274 g/mol. The van der Waals surface area contributed by atoms with Gasteiger partial charge in [-0.2, -0.15) is 0 Å². The summed E-state index contributed by atoms with van der Waals surface area (Å²) in [5, 5.41) is 0. The summed E-state index contributed by atoms with van der Waals surface area (Å²) in [5.41, 5.74) is 6.25. The molecule has 0 unspecified atom stereocenters. The molecule has 0 fully saturated rings. The zero-order chi connectivity index (χ0) is 8.43. The first kappa shape index (κ1) is 8.87. The van der Waals surface area contributed by atoms with Gasteiger partial charge < -0.3 is 10.5 Å². The lowest BCUT2D eigenvalue weighted by molar-refractivity contribution is 0.414. The van der Waals surface area contributed by atoms with Crippen molar-refractivity contribution in [1.29, 1.82) is 0 Å². The van der Waals surface area contributed by atoms with Gasteiger partial charge in [-0.05, 0) is 44.0 Å². The summed E-state index contributed by atoms with van der Waals surface area (Å²) in [6, 6.07) is 3.65. The second-order valence-electron chi connectivity index (χ2n) is 1.98. The molecule has 11 heavy (non-hydrogen) atoms. The van der Waals surface area contributed by atoms with Crippen LogP contribution in [0, 0.1) is 0 Å². The third-order valence-corrected chi connectivity index (χ3v) is 3.26. The molecule has 2 nitrogen and oxygen atoms in total. The summed E-state index contributed by atoms with van der Waals surface area (Å²) in [6.45, 7) is 0. The Morgan fingerprint density at radius 1 is 1.36 bits per heavy atom. The van der Waals surface area contributed by atoms with Crippen molar-refractivity contribution in [1.82, 2.24) is 0 Å². The first-order valence-electron chi connectivity index (χ1n) is 2.94. The highest BCUT2D eigenvalue weighted by Gasteiger charge is 2.06. The quantitative estimate of drug-likeness (QED) is 0.803. The smallest absolute Gasteiger partial charge is 0.157 e. The molecule has 0 saturated carbocycles. The lowest BCUT2D eigenvalue weighted by Gasteiger charge is -2.07. The first-order valence-corrected chi connectivity index (χ1v) is 4.53. The van der Waals surface area contributed by atoms with Gasteiger partial charge in [0.05, 0.1) is 17.3 Å². The lowest BCUT2D eigenvalue weighted by Crippen LogP contribution is -1.92. The zero-order valence-corrected chi connectivity index (χ0v) is 9.07. The Balaban J connectivity index is 3.29.